The minimum atomic E-state index is -3.49. The van der Waals surface area contributed by atoms with E-state index in [1.54, 1.807) is 35.5 Å². The van der Waals surface area contributed by atoms with Crippen LogP contribution in [0.15, 0.2) is 46.6 Å². The number of nitrogens with zero attached hydrogens (tertiary/aromatic N) is 3. The van der Waals surface area contributed by atoms with Gasteiger partial charge in [0.15, 0.2) is 0 Å². The van der Waals surface area contributed by atoms with Gasteiger partial charge in [-0.25, -0.2) is 18.4 Å². The maximum atomic E-state index is 12.8. The Labute approximate surface area is 176 Å². The number of carbonyl (C=O) groups excluding carboxylic acids is 1. The topological polar surface area (TPSA) is 92.3 Å². The van der Waals surface area contributed by atoms with Gasteiger partial charge in [-0.15, -0.1) is 0 Å². The molecule has 1 unspecified atom stereocenters. The molecule has 2 aromatic rings. The molecule has 0 saturated carbocycles. The highest BCUT2D eigenvalue weighted by Crippen LogP contribution is 2.24. The molecule has 0 radical (unpaired) electrons. The number of benzene rings is 1. The molecule has 1 amide bonds. The molecule has 0 bridgehead atoms. The lowest BCUT2D eigenvalue weighted by molar-refractivity contribution is -0.115. The van der Waals surface area contributed by atoms with Crippen molar-refractivity contribution in [2.24, 2.45) is 0 Å². The standard InChI is InChI=1S/C20H26N4O3S2/c1-15-13-19(22-14-21-15)28-16(2)20(25)23-17-7-9-18(10-8-17)29(26,27)24-11-5-3-4-6-12-24/h7-10,13-14,16H,3-6,11-12H2,1-2H3,(H,23,25). The summed E-state index contributed by atoms with van der Waals surface area (Å²) in [4.78, 5) is 20.9. The van der Waals surface area contributed by atoms with Crippen LogP contribution in [0.1, 0.15) is 38.3 Å². The van der Waals surface area contributed by atoms with Crippen molar-refractivity contribution in [1.82, 2.24) is 14.3 Å². The summed E-state index contributed by atoms with van der Waals surface area (Å²) in [7, 11) is -3.49. The fourth-order valence-corrected chi connectivity index (χ4v) is 5.51. The monoisotopic (exact) mass is 434 g/mol. The van der Waals surface area contributed by atoms with E-state index in [1.165, 1.54) is 18.1 Å². The van der Waals surface area contributed by atoms with Crippen LogP contribution in [0.5, 0.6) is 0 Å². The van der Waals surface area contributed by atoms with Gasteiger partial charge in [0.25, 0.3) is 0 Å². The zero-order chi connectivity index (χ0) is 20.9. The number of hydrogen-bond donors (Lipinski definition) is 1. The van der Waals surface area contributed by atoms with Crippen LogP contribution in [0.2, 0.25) is 0 Å². The Morgan fingerprint density at radius 1 is 1.10 bits per heavy atom. The van der Waals surface area contributed by atoms with Crippen LogP contribution < -0.4 is 5.32 Å². The first kappa shape index (κ1) is 21.7. The zero-order valence-corrected chi connectivity index (χ0v) is 18.3. The first-order chi connectivity index (χ1) is 13.9. The van der Waals surface area contributed by atoms with Crippen molar-refractivity contribution in [3.8, 4) is 0 Å². The quantitative estimate of drug-likeness (QED) is 0.553. The highest BCUT2D eigenvalue weighted by molar-refractivity contribution is 8.00. The Kier molecular flexibility index (Phi) is 7.26. The van der Waals surface area contributed by atoms with Gasteiger partial charge in [-0.3, -0.25) is 4.79 Å². The summed E-state index contributed by atoms with van der Waals surface area (Å²) < 4.78 is 27.2. The smallest absolute Gasteiger partial charge is 0.243 e. The summed E-state index contributed by atoms with van der Waals surface area (Å²) in [5, 5.41) is 3.21. The average Bonchev–Trinajstić information content (AvgIpc) is 2.98. The van der Waals surface area contributed by atoms with E-state index in [1.807, 2.05) is 13.0 Å². The minimum Gasteiger partial charge on any atom is -0.325 e. The van der Waals surface area contributed by atoms with Gasteiger partial charge >= 0.3 is 0 Å². The third kappa shape index (κ3) is 5.77. The van der Waals surface area contributed by atoms with Crippen LogP contribution in [-0.2, 0) is 14.8 Å². The Hall–Kier alpha value is -1.97. The third-order valence-corrected chi connectivity index (χ3v) is 7.72. The fourth-order valence-electron chi connectivity index (χ4n) is 3.11. The first-order valence-electron chi connectivity index (χ1n) is 9.72. The van der Waals surface area contributed by atoms with Crippen molar-refractivity contribution in [1.29, 1.82) is 0 Å². The van der Waals surface area contributed by atoms with Crippen LogP contribution >= 0.6 is 11.8 Å². The second-order valence-corrected chi connectivity index (χ2v) is 10.4. The fraction of sp³-hybridized carbons (Fsp3) is 0.450. The van der Waals surface area contributed by atoms with E-state index in [0.717, 1.165) is 36.4 Å². The van der Waals surface area contributed by atoms with E-state index >= 15 is 0 Å². The third-order valence-electron chi connectivity index (χ3n) is 4.77. The summed E-state index contributed by atoms with van der Waals surface area (Å²) in [6.07, 6.45) is 5.42. The number of rotatable bonds is 6. The Balaban J connectivity index is 1.63. The van der Waals surface area contributed by atoms with Crippen LogP contribution in [0, 0.1) is 6.92 Å². The van der Waals surface area contributed by atoms with Gasteiger partial charge in [0, 0.05) is 24.5 Å². The highest BCUT2D eigenvalue weighted by Gasteiger charge is 2.25. The minimum absolute atomic E-state index is 0.172. The van der Waals surface area contributed by atoms with Crippen molar-refractivity contribution in [3.05, 3.63) is 42.4 Å². The summed E-state index contributed by atoms with van der Waals surface area (Å²) in [5.74, 6) is -0.172. The van der Waals surface area contributed by atoms with Gasteiger partial charge in [-0.05, 0) is 57.0 Å². The Morgan fingerprint density at radius 3 is 2.38 bits per heavy atom. The molecule has 1 atom stereocenters. The van der Waals surface area contributed by atoms with Crippen LogP contribution in [-0.4, -0.2) is 46.9 Å². The molecular formula is C20H26N4O3S2. The SMILES string of the molecule is Cc1cc(SC(C)C(=O)Nc2ccc(S(=O)(=O)N3CCCCCC3)cc2)ncn1. The molecule has 3 rings (SSSR count). The van der Waals surface area contributed by atoms with E-state index in [-0.39, 0.29) is 16.1 Å². The van der Waals surface area contributed by atoms with Gasteiger partial charge in [-0.1, -0.05) is 24.6 Å². The molecule has 1 N–H and O–H groups in total. The predicted molar refractivity (Wildman–Crippen MR) is 114 cm³/mol. The number of amides is 1. The molecule has 1 saturated heterocycles. The van der Waals surface area contributed by atoms with Crippen LogP contribution in [0.4, 0.5) is 5.69 Å². The van der Waals surface area contributed by atoms with E-state index in [9.17, 15) is 13.2 Å². The molecular weight excluding hydrogens is 408 g/mol. The molecule has 156 valence electrons. The molecule has 1 aliphatic rings. The Morgan fingerprint density at radius 2 is 1.76 bits per heavy atom. The molecule has 2 heterocycles. The number of nitrogens with one attached hydrogen (secondary N) is 1. The largest absolute Gasteiger partial charge is 0.325 e. The van der Waals surface area contributed by atoms with Gasteiger partial charge in [0.1, 0.15) is 11.4 Å². The lowest BCUT2D eigenvalue weighted by atomic mass is 10.2. The normalized spacial score (nSPS) is 16.8. The van der Waals surface area contributed by atoms with E-state index in [4.69, 9.17) is 0 Å². The predicted octanol–water partition coefficient (Wildman–Crippen LogP) is 3.47. The molecule has 9 heteroatoms. The van der Waals surface area contributed by atoms with E-state index < -0.39 is 10.0 Å². The lowest BCUT2D eigenvalue weighted by Gasteiger charge is -2.20. The zero-order valence-electron chi connectivity index (χ0n) is 16.7. The summed E-state index contributed by atoms with van der Waals surface area (Å²) >= 11 is 1.35. The molecule has 1 aliphatic heterocycles. The molecule has 0 spiro atoms. The second-order valence-electron chi connectivity index (χ2n) is 7.09. The molecule has 1 aromatic heterocycles. The summed E-state index contributed by atoms with van der Waals surface area (Å²) in [5.41, 5.74) is 1.41. The van der Waals surface area contributed by atoms with E-state index in [2.05, 4.69) is 15.3 Å². The molecule has 7 nitrogen and oxygen atoms in total. The van der Waals surface area contributed by atoms with Crippen molar-refractivity contribution >= 4 is 33.4 Å². The number of sulfonamides is 1. The van der Waals surface area contributed by atoms with Crippen molar-refractivity contribution in [3.63, 3.8) is 0 Å². The van der Waals surface area contributed by atoms with Crippen molar-refractivity contribution in [2.75, 3.05) is 18.4 Å². The number of carbonyl (C=O) groups is 1. The van der Waals surface area contributed by atoms with Gasteiger partial charge in [0.05, 0.1) is 10.1 Å². The maximum absolute atomic E-state index is 12.8. The number of aryl methyl sites for hydroxylation is 1. The lowest BCUT2D eigenvalue weighted by Crippen LogP contribution is -2.31. The van der Waals surface area contributed by atoms with Crippen molar-refractivity contribution in [2.45, 2.75) is 54.7 Å². The number of thioether (sulfide) groups is 1. The van der Waals surface area contributed by atoms with Gasteiger partial charge in [0.2, 0.25) is 15.9 Å². The van der Waals surface area contributed by atoms with Gasteiger partial charge in [-0.2, -0.15) is 4.31 Å². The van der Waals surface area contributed by atoms with Gasteiger partial charge < -0.3 is 5.32 Å². The highest BCUT2D eigenvalue weighted by atomic mass is 32.2. The summed E-state index contributed by atoms with van der Waals surface area (Å²) in [6.45, 7) is 4.81. The molecule has 29 heavy (non-hydrogen) atoms. The average molecular weight is 435 g/mol. The Bertz CT molecular complexity index is 940. The first-order valence-corrected chi connectivity index (χ1v) is 12.0. The molecule has 1 aromatic carbocycles. The summed E-state index contributed by atoms with van der Waals surface area (Å²) in [6, 6.07) is 8.21. The van der Waals surface area contributed by atoms with Crippen LogP contribution in [0.3, 0.4) is 0 Å². The van der Waals surface area contributed by atoms with E-state index in [0.29, 0.717) is 18.8 Å². The maximum Gasteiger partial charge on any atom is 0.243 e. The number of anilines is 1. The molecule has 1 fully saturated rings. The van der Waals surface area contributed by atoms with Crippen LogP contribution in [0.25, 0.3) is 0 Å². The van der Waals surface area contributed by atoms with Crippen molar-refractivity contribution < 1.29 is 13.2 Å². The molecule has 0 aliphatic carbocycles. The number of hydrogen-bond acceptors (Lipinski definition) is 6. The number of aromatic nitrogens is 2. The second kappa shape index (κ2) is 9.69.